The number of hydrogen-bond acceptors (Lipinski definition) is 2. The summed E-state index contributed by atoms with van der Waals surface area (Å²) in [7, 11) is 1.86. The fourth-order valence-corrected chi connectivity index (χ4v) is 0.766. The third-order valence-electron chi connectivity index (χ3n) is 1.26. The highest BCUT2D eigenvalue weighted by atomic mass is 16.1. The Morgan fingerprint density at radius 3 is 3.09 bits per heavy atom. The van der Waals surface area contributed by atoms with E-state index in [9.17, 15) is 4.79 Å². The molecule has 1 heterocycles. The second-order valence-electron chi connectivity index (χ2n) is 2.22. The zero-order valence-electron chi connectivity index (χ0n) is 6.40. The van der Waals surface area contributed by atoms with Gasteiger partial charge in [-0.1, -0.05) is 6.08 Å². The van der Waals surface area contributed by atoms with Crippen LogP contribution in [0, 0.1) is 0 Å². The van der Waals surface area contributed by atoms with Crippen LogP contribution in [0.15, 0.2) is 18.3 Å². The number of aromatic nitrogens is 2. The van der Waals surface area contributed by atoms with Crippen LogP contribution < -0.4 is 0 Å². The lowest BCUT2D eigenvalue weighted by atomic mass is 10.3. The van der Waals surface area contributed by atoms with Crippen LogP contribution in [0.5, 0.6) is 0 Å². The molecule has 0 aromatic carbocycles. The second kappa shape index (κ2) is 3.71. The minimum absolute atomic E-state index is 0.455. The van der Waals surface area contributed by atoms with Gasteiger partial charge in [0.05, 0.1) is 5.69 Å². The Morgan fingerprint density at radius 2 is 2.55 bits per heavy atom. The van der Waals surface area contributed by atoms with Gasteiger partial charge in [0.2, 0.25) is 0 Å². The molecule has 0 saturated heterocycles. The summed E-state index contributed by atoms with van der Waals surface area (Å²) in [6.07, 6.45) is 6.79. The van der Waals surface area contributed by atoms with E-state index in [2.05, 4.69) is 5.10 Å². The summed E-state index contributed by atoms with van der Waals surface area (Å²) in [6, 6.07) is 1.89. The molecule has 0 aliphatic rings. The standard InChI is InChI=1S/C8H10N2O/c1-10-6-5-8(9-10)4-2-3-7-11/h2,4-7H,3H2,1H3. The molecule has 0 saturated carbocycles. The van der Waals surface area contributed by atoms with Gasteiger partial charge in [0.25, 0.3) is 0 Å². The molecule has 0 fully saturated rings. The van der Waals surface area contributed by atoms with E-state index >= 15 is 0 Å². The maximum Gasteiger partial charge on any atom is 0.123 e. The lowest BCUT2D eigenvalue weighted by molar-refractivity contribution is -0.107. The fourth-order valence-electron chi connectivity index (χ4n) is 0.766. The zero-order valence-corrected chi connectivity index (χ0v) is 6.40. The Morgan fingerprint density at radius 1 is 1.73 bits per heavy atom. The van der Waals surface area contributed by atoms with Gasteiger partial charge in [0.15, 0.2) is 0 Å². The molecule has 0 amide bonds. The number of hydrogen-bond donors (Lipinski definition) is 0. The van der Waals surface area contributed by atoms with Crippen molar-refractivity contribution in [2.45, 2.75) is 6.42 Å². The largest absolute Gasteiger partial charge is 0.303 e. The smallest absolute Gasteiger partial charge is 0.123 e. The number of carbonyl (C=O) groups is 1. The van der Waals surface area contributed by atoms with Crippen molar-refractivity contribution in [2.75, 3.05) is 0 Å². The first-order valence-corrected chi connectivity index (χ1v) is 3.43. The molecule has 0 atom stereocenters. The molecule has 0 spiro atoms. The molecule has 58 valence electrons. The van der Waals surface area contributed by atoms with Crippen LogP contribution in [-0.4, -0.2) is 16.1 Å². The minimum Gasteiger partial charge on any atom is -0.303 e. The highest BCUT2D eigenvalue weighted by molar-refractivity contribution is 5.56. The van der Waals surface area contributed by atoms with E-state index < -0.39 is 0 Å². The lowest BCUT2D eigenvalue weighted by Gasteiger charge is -1.83. The number of rotatable bonds is 3. The lowest BCUT2D eigenvalue weighted by Crippen LogP contribution is -1.86. The average molecular weight is 150 g/mol. The molecular weight excluding hydrogens is 140 g/mol. The van der Waals surface area contributed by atoms with E-state index in [1.165, 1.54) is 0 Å². The van der Waals surface area contributed by atoms with Gasteiger partial charge in [0.1, 0.15) is 6.29 Å². The summed E-state index contributed by atoms with van der Waals surface area (Å²) in [5, 5.41) is 4.10. The van der Waals surface area contributed by atoms with Gasteiger partial charge in [-0.25, -0.2) is 0 Å². The van der Waals surface area contributed by atoms with Crippen molar-refractivity contribution in [3.05, 3.63) is 24.0 Å². The molecule has 0 unspecified atom stereocenters. The molecule has 1 rings (SSSR count). The highest BCUT2D eigenvalue weighted by Crippen LogP contribution is 1.96. The summed E-state index contributed by atoms with van der Waals surface area (Å²) in [4.78, 5) is 9.92. The Kier molecular flexibility index (Phi) is 2.60. The third-order valence-corrected chi connectivity index (χ3v) is 1.26. The normalized spacial score (nSPS) is 10.6. The van der Waals surface area contributed by atoms with E-state index in [0.717, 1.165) is 12.0 Å². The SMILES string of the molecule is Cn1ccc(C=CCC=O)n1. The predicted molar refractivity (Wildman–Crippen MR) is 42.9 cm³/mol. The number of aryl methyl sites for hydroxylation is 1. The molecule has 0 radical (unpaired) electrons. The van der Waals surface area contributed by atoms with E-state index in [-0.39, 0.29) is 0 Å². The second-order valence-corrected chi connectivity index (χ2v) is 2.22. The molecule has 11 heavy (non-hydrogen) atoms. The van der Waals surface area contributed by atoms with Gasteiger partial charge in [-0.15, -0.1) is 0 Å². The summed E-state index contributed by atoms with van der Waals surface area (Å²) in [5.74, 6) is 0. The summed E-state index contributed by atoms with van der Waals surface area (Å²) in [5.41, 5.74) is 0.884. The number of nitrogens with zero attached hydrogens (tertiary/aromatic N) is 2. The molecule has 0 N–H and O–H groups in total. The molecule has 0 bridgehead atoms. The number of allylic oxidation sites excluding steroid dienone is 1. The van der Waals surface area contributed by atoms with Crippen molar-refractivity contribution in [1.82, 2.24) is 9.78 Å². The fraction of sp³-hybridized carbons (Fsp3) is 0.250. The Bertz CT molecular complexity index is 263. The molecule has 3 nitrogen and oxygen atoms in total. The maximum atomic E-state index is 9.92. The van der Waals surface area contributed by atoms with E-state index in [1.54, 1.807) is 10.8 Å². The van der Waals surface area contributed by atoms with Gasteiger partial charge in [0, 0.05) is 19.7 Å². The zero-order chi connectivity index (χ0) is 8.10. The Balaban J connectivity index is 2.56. The minimum atomic E-state index is 0.455. The van der Waals surface area contributed by atoms with Crippen LogP contribution in [-0.2, 0) is 11.8 Å². The molecule has 3 heteroatoms. The van der Waals surface area contributed by atoms with E-state index in [0.29, 0.717) is 6.42 Å². The first-order valence-electron chi connectivity index (χ1n) is 3.43. The highest BCUT2D eigenvalue weighted by Gasteiger charge is 1.87. The number of aldehydes is 1. The van der Waals surface area contributed by atoms with Gasteiger partial charge >= 0.3 is 0 Å². The Hall–Kier alpha value is -1.38. The first kappa shape index (κ1) is 7.72. The van der Waals surface area contributed by atoms with Crippen molar-refractivity contribution in [3.8, 4) is 0 Å². The van der Waals surface area contributed by atoms with Crippen molar-refractivity contribution in [2.24, 2.45) is 7.05 Å². The van der Waals surface area contributed by atoms with Crippen molar-refractivity contribution < 1.29 is 4.79 Å². The molecular formula is C8H10N2O. The molecule has 1 aromatic heterocycles. The van der Waals surface area contributed by atoms with Crippen LogP contribution in [0.4, 0.5) is 0 Å². The quantitative estimate of drug-likeness (QED) is 0.603. The van der Waals surface area contributed by atoms with Crippen LogP contribution in [0.3, 0.4) is 0 Å². The van der Waals surface area contributed by atoms with Crippen LogP contribution in [0.1, 0.15) is 12.1 Å². The van der Waals surface area contributed by atoms with Gasteiger partial charge < -0.3 is 4.79 Å². The summed E-state index contributed by atoms with van der Waals surface area (Å²) >= 11 is 0. The molecule has 0 aliphatic carbocycles. The van der Waals surface area contributed by atoms with Crippen LogP contribution in [0.25, 0.3) is 6.08 Å². The maximum absolute atomic E-state index is 9.92. The van der Waals surface area contributed by atoms with Crippen molar-refractivity contribution in [3.63, 3.8) is 0 Å². The molecule has 0 aliphatic heterocycles. The topological polar surface area (TPSA) is 34.9 Å². The third kappa shape index (κ3) is 2.37. The predicted octanol–water partition coefficient (Wildman–Crippen LogP) is 1.02. The van der Waals surface area contributed by atoms with Crippen LogP contribution >= 0.6 is 0 Å². The summed E-state index contributed by atoms with van der Waals surface area (Å²) < 4.78 is 1.72. The first-order chi connectivity index (χ1) is 5.33. The summed E-state index contributed by atoms with van der Waals surface area (Å²) in [6.45, 7) is 0. The van der Waals surface area contributed by atoms with Gasteiger partial charge in [-0.2, -0.15) is 5.10 Å². The van der Waals surface area contributed by atoms with E-state index in [4.69, 9.17) is 0 Å². The van der Waals surface area contributed by atoms with Gasteiger partial charge in [-0.05, 0) is 12.1 Å². The van der Waals surface area contributed by atoms with Gasteiger partial charge in [-0.3, -0.25) is 4.68 Å². The van der Waals surface area contributed by atoms with Crippen LogP contribution in [0.2, 0.25) is 0 Å². The number of carbonyl (C=O) groups excluding carboxylic acids is 1. The Labute approximate surface area is 65.3 Å². The average Bonchev–Trinajstić information content (AvgIpc) is 2.37. The molecule has 1 aromatic rings. The van der Waals surface area contributed by atoms with Crippen molar-refractivity contribution in [1.29, 1.82) is 0 Å². The van der Waals surface area contributed by atoms with Crippen molar-refractivity contribution >= 4 is 12.4 Å². The van der Waals surface area contributed by atoms with E-state index in [1.807, 2.05) is 25.4 Å². The monoisotopic (exact) mass is 150 g/mol.